The van der Waals surface area contributed by atoms with Crippen molar-refractivity contribution in [3.05, 3.63) is 65.7 Å². The van der Waals surface area contributed by atoms with Gasteiger partial charge >= 0.3 is 0 Å². The van der Waals surface area contributed by atoms with Crippen molar-refractivity contribution >= 4 is 0 Å². The van der Waals surface area contributed by atoms with Crippen LogP contribution in [0.1, 0.15) is 31.4 Å². The van der Waals surface area contributed by atoms with Crippen molar-refractivity contribution in [1.82, 2.24) is 5.32 Å². The van der Waals surface area contributed by atoms with Gasteiger partial charge in [0.05, 0.1) is 7.11 Å². The summed E-state index contributed by atoms with van der Waals surface area (Å²) >= 11 is 0. The minimum atomic E-state index is 0.494. The zero-order chi connectivity index (χ0) is 15.8. The summed E-state index contributed by atoms with van der Waals surface area (Å²) < 4.78 is 5.19. The van der Waals surface area contributed by atoms with E-state index in [0.717, 1.165) is 25.0 Å². The van der Waals surface area contributed by atoms with Gasteiger partial charge in [-0.3, -0.25) is 0 Å². The normalized spacial score (nSPS) is 13.6. The third-order valence-corrected chi connectivity index (χ3v) is 3.98. The number of ether oxygens (including phenoxy) is 1. The molecule has 2 aromatic rings. The van der Waals surface area contributed by atoms with Crippen molar-refractivity contribution in [2.24, 2.45) is 0 Å². The van der Waals surface area contributed by atoms with E-state index in [4.69, 9.17) is 4.74 Å². The molecule has 0 fully saturated rings. The van der Waals surface area contributed by atoms with Gasteiger partial charge in [-0.2, -0.15) is 0 Å². The molecular weight excluding hydrogens is 270 g/mol. The Hall–Kier alpha value is -1.80. The predicted octanol–water partition coefficient (Wildman–Crippen LogP) is 4.24. The van der Waals surface area contributed by atoms with Crippen LogP contribution >= 0.6 is 0 Å². The van der Waals surface area contributed by atoms with Gasteiger partial charge in [-0.25, -0.2) is 0 Å². The van der Waals surface area contributed by atoms with E-state index in [9.17, 15) is 0 Å². The first-order chi connectivity index (χ1) is 10.7. The van der Waals surface area contributed by atoms with E-state index in [2.05, 4.69) is 61.6 Å². The van der Waals surface area contributed by atoms with Gasteiger partial charge in [0.25, 0.3) is 0 Å². The number of aryl methyl sites for hydroxylation is 1. The highest BCUT2D eigenvalue weighted by Crippen LogP contribution is 2.13. The fourth-order valence-corrected chi connectivity index (χ4v) is 2.77. The number of rotatable bonds is 8. The molecule has 0 saturated carbocycles. The maximum Gasteiger partial charge on any atom is 0.118 e. The molecule has 2 heteroatoms. The SMILES string of the molecule is COc1ccc(CCC(C)NC(C)Cc2ccccc2)cc1. The van der Waals surface area contributed by atoms with Crippen LogP contribution < -0.4 is 10.1 Å². The minimum Gasteiger partial charge on any atom is -0.497 e. The van der Waals surface area contributed by atoms with E-state index in [1.807, 2.05) is 12.1 Å². The van der Waals surface area contributed by atoms with E-state index < -0.39 is 0 Å². The molecule has 0 aliphatic heterocycles. The molecule has 0 aromatic heterocycles. The molecule has 2 rings (SSSR count). The third-order valence-electron chi connectivity index (χ3n) is 3.98. The zero-order valence-corrected chi connectivity index (χ0v) is 13.9. The van der Waals surface area contributed by atoms with Crippen LogP contribution in [0.2, 0.25) is 0 Å². The molecule has 0 amide bonds. The maximum atomic E-state index is 5.19. The van der Waals surface area contributed by atoms with Crippen LogP contribution in [0.25, 0.3) is 0 Å². The lowest BCUT2D eigenvalue weighted by Gasteiger charge is -2.20. The highest BCUT2D eigenvalue weighted by Gasteiger charge is 2.08. The first-order valence-corrected chi connectivity index (χ1v) is 8.10. The molecule has 2 aromatic carbocycles. The Morgan fingerprint density at radius 1 is 0.864 bits per heavy atom. The van der Waals surface area contributed by atoms with Gasteiger partial charge in [0.2, 0.25) is 0 Å². The maximum absolute atomic E-state index is 5.19. The smallest absolute Gasteiger partial charge is 0.118 e. The van der Waals surface area contributed by atoms with Gasteiger partial charge in [-0.05, 0) is 56.4 Å². The fourth-order valence-electron chi connectivity index (χ4n) is 2.77. The lowest BCUT2D eigenvalue weighted by atomic mass is 10.0. The molecule has 0 aliphatic rings. The summed E-state index contributed by atoms with van der Waals surface area (Å²) in [5.74, 6) is 0.923. The molecule has 1 N–H and O–H groups in total. The van der Waals surface area contributed by atoms with Crippen molar-refractivity contribution < 1.29 is 4.74 Å². The Morgan fingerprint density at radius 3 is 2.18 bits per heavy atom. The molecule has 2 nitrogen and oxygen atoms in total. The predicted molar refractivity (Wildman–Crippen MR) is 93.5 cm³/mol. The van der Waals surface area contributed by atoms with E-state index in [-0.39, 0.29) is 0 Å². The second-order valence-corrected chi connectivity index (χ2v) is 6.05. The second kappa shape index (κ2) is 8.60. The van der Waals surface area contributed by atoms with Crippen LogP contribution in [0.15, 0.2) is 54.6 Å². The largest absolute Gasteiger partial charge is 0.497 e. The van der Waals surface area contributed by atoms with Crippen LogP contribution in [0.5, 0.6) is 5.75 Å². The monoisotopic (exact) mass is 297 g/mol. The van der Waals surface area contributed by atoms with Crippen molar-refractivity contribution in [2.45, 2.75) is 45.2 Å². The molecule has 2 atom stereocenters. The van der Waals surface area contributed by atoms with Crippen molar-refractivity contribution in [3.63, 3.8) is 0 Å². The average Bonchev–Trinajstić information content (AvgIpc) is 2.54. The van der Waals surface area contributed by atoms with Gasteiger partial charge in [0, 0.05) is 12.1 Å². The van der Waals surface area contributed by atoms with Crippen LogP contribution in [-0.4, -0.2) is 19.2 Å². The molecule has 0 heterocycles. The van der Waals surface area contributed by atoms with Crippen LogP contribution in [0, 0.1) is 0 Å². The standard InChI is InChI=1S/C20H27NO/c1-16(9-10-18-11-13-20(22-3)14-12-18)21-17(2)15-19-7-5-4-6-8-19/h4-8,11-14,16-17,21H,9-10,15H2,1-3H3. The van der Waals surface area contributed by atoms with Gasteiger partial charge < -0.3 is 10.1 Å². The molecule has 0 saturated heterocycles. The summed E-state index contributed by atoms with van der Waals surface area (Å²) in [7, 11) is 1.70. The number of hydrogen-bond acceptors (Lipinski definition) is 2. The number of methoxy groups -OCH3 is 1. The number of nitrogens with one attached hydrogen (secondary N) is 1. The summed E-state index contributed by atoms with van der Waals surface area (Å²) in [5.41, 5.74) is 2.76. The average molecular weight is 297 g/mol. The lowest BCUT2D eigenvalue weighted by molar-refractivity contribution is 0.414. The Bertz CT molecular complexity index is 535. The first kappa shape index (κ1) is 16.6. The Morgan fingerprint density at radius 2 is 1.55 bits per heavy atom. The van der Waals surface area contributed by atoms with Crippen molar-refractivity contribution in [1.29, 1.82) is 0 Å². The van der Waals surface area contributed by atoms with Gasteiger partial charge in [-0.15, -0.1) is 0 Å². The highest BCUT2D eigenvalue weighted by atomic mass is 16.5. The molecule has 0 aliphatic carbocycles. The highest BCUT2D eigenvalue weighted by molar-refractivity contribution is 5.27. The molecule has 0 bridgehead atoms. The van der Waals surface area contributed by atoms with Gasteiger partial charge in [0.15, 0.2) is 0 Å². The van der Waals surface area contributed by atoms with E-state index in [0.29, 0.717) is 12.1 Å². The Balaban J connectivity index is 1.73. The molecule has 2 unspecified atom stereocenters. The molecule has 118 valence electrons. The molecule has 0 radical (unpaired) electrons. The van der Waals surface area contributed by atoms with Crippen LogP contribution in [0.3, 0.4) is 0 Å². The second-order valence-electron chi connectivity index (χ2n) is 6.05. The summed E-state index contributed by atoms with van der Waals surface area (Å²) in [6.45, 7) is 4.53. The minimum absolute atomic E-state index is 0.494. The van der Waals surface area contributed by atoms with E-state index in [1.165, 1.54) is 11.1 Å². The number of benzene rings is 2. The summed E-state index contributed by atoms with van der Waals surface area (Å²) in [6.07, 6.45) is 3.31. The lowest BCUT2D eigenvalue weighted by Crippen LogP contribution is -2.36. The molecule has 22 heavy (non-hydrogen) atoms. The van der Waals surface area contributed by atoms with Gasteiger partial charge in [-0.1, -0.05) is 42.5 Å². The van der Waals surface area contributed by atoms with E-state index >= 15 is 0 Å². The Labute approximate surface area is 134 Å². The molecular formula is C20H27NO. The zero-order valence-electron chi connectivity index (χ0n) is 13.9. The summed E-state index contributed by atoms with van der Waals surface area (Å²) in [4.78, 5) is 0. The fraction of sp³-hybridized carbons (Fsp3) is 0.400. The third kappa shape index (κ3) is 5.53. The van der Waals surface area contributed by atoms with Gasteiger partial charge in [0.1, 0.15) is 5.75 Å². The van der Waals surface area contributed by atoms with Crippen molar-refractivity contribution in [2.75, 3.05) is 7.11 Å². The topological polar surface area (TPSA) is 21.3 Å². The van der Waals surface area contributed by atoms with Crippen LogP contribution in [0.4, 0.5) is 0 Å². The summed E-state index contributed by atoms with van der Waals surface area (Å²) in [6, 6.07) is 20.0. The molecule has 0 spiro atoms. The summed E-state index contributed by atoms with van der Waals surface area (Å²) in [5, 5.41) is 3.70. The Kier molecular flexibility index (Phi) is 6.47. The first-order valence-electron chi connectivity index (χ1n) is 8.10. The quantitative estimate of drug-likeness (QED) is 0.787. The van der Waals surface area contributed by atoms with Crippen molar-refractivity contribution in [3.8, 4) is 5.75 Å². The van der Waals surface area contributed by atoms with E-state index in [1.54, 1.807) is 7.11 Å². The van der Waals surface area contributed by atoms with Crippen LogP contribution in [-0.2, 0) is 12.8 Å². The number of hydrogen-bond donors (Lipinski definition) is 1.